The molecule has 35 heavy (non-hydrogen) atoms. The molecule has 0 radical (unpaired) electrons. The molecule has 200 valence electrons. The van der Waals surface area contributed by atoms with Gasteiger partial charge in [-0.25, -0.2) is 0 Å². The van der Waals surface area contributed by atoms with Crippen LogP contribution in [-0.2, 0) is 29.8 Å². The van der Waals surface area contributed by atoms with Gasteiger partial charge in [0, 0.05) is 10.8 Å². The topological polar surface area (TPSA) is 77.4 Å². The Morgan fingerprint density at radius 3 is 1.69 bits per heavy atom. The van der Waals surface area contributed by atoms with Gasteiger partial charge >= 0.3 is 0 Å². The van der Waals surface area contributed by atoms with Gasteiger partial charge in [0.25, 0.3) is 0 Å². The number of ether oxygens (including phenoxy) is 4. The van der Waals surface area contributed by atoms with Crippen molar-refractivity contribution in [3.63, 3.8) is 0 Å². The summed E-state index contributed by atoms with van der Waals surface area (Å²) in [6.07, 6.45) is -1.41. The minimum Gasteiger partial charge on any atom is -0.396 e. The van der Waals surface area contributed by atoms with Crippen molar-refractivity contribution in [3.05, 3.63) is 34.9 Å². The Balaban J connectivity index is 2.08. The predicted molar refractivity (Wildman–Crippen MR) is 137 cm³/mol. The third kappa shape index (κ3) is 5.78. The average molecular weight is 493 g/mol. The molecule has 1 spiro atoms. The molecule has 2 aliphatic rings. The third-order valence-electron chi connectivity index (χ3n) is 7.48. The van der Waals surface area contributed by atoms with Gasteiger partial charge in [0.05, 0.1) is 44.6 Å². The van der Waals surface area contributed by atoms with Gasteiger partial charge < -0.3 is 29.2 Å². The summed E-state index contributed by atoms with van der Waals surface area (Å²) < 4.78 is 25.5. The van der Waals surface area contributed by atoms with Gasteiger partial charge in [-0.1, -0.05) is 87.4 Å². The minimum absolute atomic E-state index is 0.0221. The highest BCUT2D eigenvalue weighted by atomic mass is 16.7. The molecule has 1 aromatic carbocycles. The van der Waals surface area contributed by atoms with E-state index in [9.17, 15) is 10.2 Å². The summed E-state index contributed by atoms with van der Waals surface area (Å²) in [6, 6.07) is 6.72. The second kappa shape index (κ2) is 9.70. The molecule has 2 saturated heterocycles. The standard InChI is InChI=1S/C29H48O6/c1-25(2,3)19-11-12-20(21(13-19)26(4,5)6)22-29(18-34-24(35-22)28(9,10)15-31)16-32-23(33-17-29)27(7,8)14-30/h11-13,22-24,30-31H,14-18H2,1-10H3. The fourth-order valence-corrected chi connectivity index (χ4v) is 4.75. The van der Waals surface area contributed by atoms with Crippen LogP contribution < -0.4 is 0 Å². The van der Waals surface area contributed by atoms with E-state index in [1.54, 1.807) is 0 Å². The van der Waals surface area contributed by atoms with Crippen LogP contribution in [0.3, 0.4) is 0 Å². The van der Waals surface area contributed by atoms with Crippen molar-refractivity contribution in [1.82, 2.24) is 0 Å². The monoisotopic (exact) mass is 492 g/mol. The highest BCUT2D eigenvalue weighted by Gasteiger charge is 2.54. The smallest absolute Gasteiger partial charge is 0.165 e. The van der Waals surface area contributed by atoms with Gasteiger partial charge in [-0.05, 0) is 27.5 Å². The zero-order chi connectivity index (χ0) is 26.4. The van der Waals surface area contributed by atoms with Gasteiger partial charge in [-0.3, -0.25) is 0 Å². The number of hydrogen-bond donors (Lipinski definition) is 2. The zero-order valence-electron chi connectivity index (χ0n) is 23.5. The van der Waals surface area contributed by atoms with Crippen LogP contribution in [0.25, 0.3) is 0 Å². The minimum atomic E-state index is -0.565. The average Bonchev–Trinajstić information content (AvgIpc) is 2.78. The molecule has 2 aliphatic heterocycles. The van der Waals surface area contributed by atoms with Crippen LogP contribution in [0, 0.1) is 16.2 Å². The molecule has 2 fully saturated rings. The van der Waals surface area contributed by atoms with E-state index in [2.05, 4.69) is 59.7 Å². The number of aliphatic hydroxyl groups excluding tert-OH is 2. The first-order chi connectivity index (χ1) is 16.0. The summed E-state index contributed by atoms with van der Waals surface area (Å²) in [6.45, 7) is 22.2. The van der Waals surface area contributed by atoms with Crippen LogP contribution in [-0.4, -0.2) is 55.8 Å². The van der Waals surface area contributed by atoms with Crippen LogP contribution in [0.2, 0.25) is 0 Å². The van der Waals surface area contributed by atoms with Gasteiger partial charge in [0.1, 0.15) is 0 Å². The lowest BCUT2D eigenvalue weighted by molar-refractivity contribution is -0.362. The van der Waals surface area contributed by atoms with E-state index in [-0.39, 0.29) is 30.1 Å². The normalized spacial score (nSPS) is 29.0. The molecule has 2 N–H and O–H groups in total. The third-order valence-corrected chi connectivity index (χ3v) is 7.48. The molecule has 1 aromatic rings. The molecular weight excluding hydrogens is 444 g/mol. The lowest BCUT2D eigenvalue weighted by Gasteiger charge is -2.53. The van der Waals surface area contributed by atoms with Crippen molar-refractivity contribution in [3.8, 4) is 0 Å². The molecule has 0 bridgehead atoms. The maximum absolute atomic E-state index is 10.0. The van der Waals surface area contributed by atoms with Crippen molar-refractivity contribution >= 4 is 0 Å². The van der Waals surface area contributed by atoms with E-state index < -0.39 is 28.8 Å². The van der Waals surface area contributed by atoms with E-state index >= 15 is 0 Å². The summed E-state index contributed by atoms with van der Waals surface area (Å²) in [5, 5.41) is 19.8. The van der Waals surface area contributed by atoms with Crippen LogP contribution in [0.15, 0.2) is 18.2 Å². The number of hydrogen-bond acceptors (Lipinski definition) is 6. The second-order valence-electron chi connectivity index (χ2n) is 14.1. The molecule has 0 saturated carbocycles. The maximum atomic E-state index is 10.0. The summed E-state index contributed by atoms with van der Waals surface area (Å²) in [4.78, 5) is 0. The van der Waals surface area contributed by atoms with Gasteiger partial charge in [-0.2, -0.15) is 0 Å². The first kappa shape index (κ1) is 28.5. The van der Waals surface area contributed by atoms with E-state index in [0.717, 1.165) is 5.56 Å². The van der Waals surface area contributed by atoms with Crippen LogP contribution in [0.5, 0.6) is 0 Å². The quantitative estimate of drug-likeness (QED) is 0.596. The van der Waals surface area contributed by atoms with Gasteiger partial charge in [-0.15, -0.1) is 0 Å². The highest BCUT2D eigenvalue weighted by molar-refractivity contribution is 5.41. The van der Waals surface area contributed by atoms with E-state index in [1.807, 2.05) is 27.7 Å². The first-order valence-electron chi connectivity index (χ1n) is 12.8. The van der Waals surface area contributed by atoms with E-state index in [0.29, 0.717) is 19.8 Å². The highest BCUT2D eigenvalue weighted by Crippen LogP contribution is 2.50. The molecule has 2 atom stereocenters. The Bertz CT molecular complexity index is 860. The SMILES string of the molecule is CC(C)(C)c1ccc(C2OC(C(C)(C)CO)OCC23COC(C(C)(C)CO)OC3)c(C(C)(C)C)c1. The summed E-state index contributed by atoms with van der Waals surface area (Å²) in [7, 11) is 0. The Kier molecular flexibility index (Phi) is 7.91. The maximum Gasteiger partial charge on any atom is 0.165 e. The summed E-state index contributed by atoms with van der Waals surface area (Å²) in [5.74, 6) is 0. The molecule has 2 heterocycles. The predicted octanol–water partition coefficient (Wildman–Crippen LogP) is 5.09. The zero-order valence-corrected chi connectivity index (χ0v) is 23.5. The number of benzene rings is 1. The first-order valence-corrected chi connectivity index (χ1v) is 12.8. The lowest BCUT2D eigenvalue weighted by atomic mass is 9.72. The summed E-state index contributed by atoms with van der Waals surface area (Å²) >= 11 is 0. The molecule has 0 amide bonds. The summed E-state index contributed by atoms with van der Waals surface area (Å²) in [5.41, 5.74) is 1.90. The molecule has 6 nitrogen and oxygen atoms in total. The molecular formula is C29H48O6. The lowest BCUT2D eigenvalue weighted by Crippen LogP contribution is -2.58. The number of rotatable bonds is 5. The van der Waals surface area contributed by atoms with E-state index in [1.165, 1.54) is 11.1 Å². The fourth-order valence-electron chi connectivity index (χ4n) is 4.75. The molecule has 0 aliphatic carbocycles. The Morgan fingerprint density at radius 2 is 1.23 bits per heavy atom. The molecule has 0 aromatic heterocycles. The van der Waals surface area contributed by atoms with Crippen LogP contribution >= 0.6 is 0 Å². The molecule has 6 heteroatoms. The fraction of sp³-hybridized carbons (Fsp3) is 0.793. The molecule has 2 unspecified atom stereocenters. The van der Waals surface area contributed by atoms with Crippen LogP contribution in [0.1, 0.15) is 92.0 Å². The van der Waals surface area contributed by atoms with Crippen LogP contribution in [0.4, 0.5) is 0 Å². The Morgan fingerprint density at radius 1 is 0.743 bits per heavy atom. The van der Waals surface area contributed by atoms with Gasteiger partial charge in [0.15, 0.2) is 12.6 Å². The van der Waals surface area contributed by atoms with E-state index in [4.69, 9.17) is 18.9 Å². The number of aliphatic hydroxyl groups is 2. The van der Waals surface area contributed by atoms with Crippen molar-refractivity contribution in [2.24, 2.45) is 16.2 Å². The van der Waals surface area contributed by atoms with Gasteiger partial charge in [0.2, 0.25) is 0 Å². The Labute approximate surface area is 212 Å². The Hall–Kier alpha value is -1.02. The van der Waals surface area contributed by atoms with Crippen molar-refractivity contribution in [1.29, 1.82) is 0 Å². The second-order valence-corrected chi connectivity index (χ2v) is 14.1. The van der Waals surface area contributed by atoms with Crippen molar-refractivity contribution in [2.75, 3.05) is 33.0 Å². The molecule has 3 rings (SSSR count). The van der Waals surface area contributed by atoms with Crippen molar-refractivity contribution in [2.45, 2.75) is 98.8 Å². The largest absolute Gasteiger partial charge is 0.396 e. The van der Waals surface area contributed by atoms with Crippen molar-refractivity contribution < 1.29 is 29.2 Å².